The first-order chi connectivity index (χ1) is 16.5. The molecule has 0 spiro atoms. The van der Waals surface area contributed by atoms with Gasteiger partial charge in [0.1, 0.15) is 23.3 Å². The molecule has 0 atom stereocenters. The number of nitrogens with zero attached hydrogens (tertiary/aromatic N) is 4. The van der Waals surface area contributed by atoms with E-state index in [4.69, 9.17) is 5.26 Å². The second-order valence-corrected chi connectivity index (χ2v) is 9.54. The molecule has 2 fully saturated rings. The second kappa shape index (κ2) is 9.26. The molecule has 0 radical (unpaired) electrons. The summed E-state index contributed by atoms with van der Waals surface area (Å²) in [5.41, 5.74) is 2.53. The minimum atomic E-state index is -0.119. The fraction of sp³-hybridized carbons (Fsp3) is 0.423. The highest BCUT2D eigenvalue weighted by molar-refractivity contribution is 6.00. The number of amides is 1. The molecule has 34 heavy (non-hydrogen) atoms. The largest absolute Gasteiger partial charge is 0.382 e. The van der Waals surface area contributed by atoms with Crippen molar-refractivity contribution in [2.24, 2.45) is 5.92 Å². The second-order valence-electron chi connectivity index (χ2n) is 9.54. The van der Waals surface area contributed by atoms with Crippen LogP contribution in [0.3, 0.4) is 0 Å². The predicted molar refractivity (Wildman–Crippen MR) is 129 cm³/mol. The zero-order valence-electron chi connectivity index (χ0n) is 19.3. The van der Waals surface area contributed by atoms with Crippen molar-refractivity contribution in [2.45, 2.75) is 64.0 Å². The number of hydrogen-bond acceptors (Lipinski definition) is 6. The molecule has 2 N–H and O–H groups in total. The Hall–Kier alpha value is -3.73. The molecule has 8 nitrogen and oxygen atoms in total. The van der Waals surface area contributed by atoms with Gasteiger partial charge in [-0.1, -0.05) is 0 Å². The maximum Gasteiger partial charge on any atom is 0.255 e. The summed E-state index contributed by atoms with van der Waals surface area (Å²) < 4.78 is 1.87. The van der Waals surface area contributed by atoms with Gasteiger partial charge in [0.05, 0.1) is 16.8 Å². The SMILES string of the molecule is CC(=O)CC1CCC(NC(=O)c2cnc(-n3ccc4cc(C#N)cnc43)cc2NC2CC2)CC1. The average molecular weight is 457 g/mol. The van der Waals surface area contributed by atoms with Crippen molar-refractivity contribution >= 4 is 28.4 Å². The number of rotatable bonds is 7. The number of carbonyl (C=O) groups is 2. The zero-order chi connectivity index (χ0) is 23.7. The molecule has 1 amide bonds. The maximum atomic E-state index is 13.2. The van der Waals surface area contributed by atoms with Crippen LogP contribution >= 0.6 is 0 Å². The highest BCUT2D eigenvalue weighted by atomic mass is 16.1. The van der Waals surface area contributed by atoms with E-state index in [0.717, 1.165) is 49.6 Å². The van der Waals surface area contributed by atoms with Crippen molar-refractivity contribution in [1.82, 2.24) is 19.9 Å². The normalized spacial score (nSPS) is 20.0. The van der Waals surface area contributed by atoms with E-state index in [-0.39, 0.29) is 17.7 Å². The fourth-order valence-corrected chi connectivity index (χ4v) is 4.77. The Morgan fingerprint density at radius 1 is 1.09 bits per heavy atom. The van der Waals surface area contributed by atoms with Gasteiger partial charge in [-0.05, 0) is 63.5 Å². The molecule has 5 rings (SSSR count). The topological polar surface area (TPSA) is 113 Å². The van der Waals surface area contributed by atoms with E-state index in [9.17, 15) is 9.59 Å². The lowest BCUT2D eigenvalue weighted by Gasteiger charge is -2.28. The first kappa shape index (κ1) is 22.1. The smallest absolute Gasteiger partial charge is 0.255 e. The number of Topliss-reactive ketones (excluding diaryl/α,β-unsaturated/α-hetero) is 1. The summed E-state index contributed by atoms with van der Waals surface area (Å²) in [6, 6.07) is 8.22. The molecule has 0 aliphatic heterocycles. The monoisotopic (exact) mass is 456 g/mol. The lowest BCUT2D eigenvalue weighted by atomic mass is 9.83. The Balaban J connectivity index is 1.36. The highest BCUT2D eigenvalue weighted by Crippen LogP contribution is 2.30. The number of pyridine rings is 2. The van der Waals surface area contributed by atoms with Crippen molar-refractivity contribution in [3.8, 4) is 11.9 Å². The number of ketones is 1. The Kier molecular flexibility index (Phi) is 6.01. The van der Waals surface area contributed by atoms with Crippen LogP contribution in [0.4, 0.5) is 5.69 Å². The Bertz CT molecular complexity index is 1280. The number of nitrogens with one attached hydrogen (secondary N) is 2. The number of hydrogen-bond donors (Lipinski definition) is 2. The molecule has 2 aliphatic carbocycles. The standard InChI is InChI=1S/C26H28N6O2/c1-16(33)10-17-2-4-21(5-3-17)31-26(34)22-15-28-24(12-23(22)30-20-6-7-20)32-9-8-19-11-18(13-27)14-29-25(19)32/h8-9,11-12,14-15,17,20-21H,2-7,10H2,1H3,(H,28,30)(H,31,34). The van der Waals surface area contributed by atoms with E-state index in [0.29, 0.717) is 41.0 Å². The van der Waals surface area contributed by atoms with Gasteiger partial charge >= 0.3 is 0 Å². The molecule has 3 aromatic rings. The molecular weight excluding hydrogens is 428 g/mol. The molecule has 0 bridgehead atoms. The summed E-state index contributed by atoms with van der Waals surface area (Å²) in [6.45, 7) is 1.65. The molecule has 2 aliphatic rings. The van der Waals surface area contributed by atoms with Gasteiger partial charge in [-0.3, -0.25) is 9.36 Å². The van der Waals surface area contributed by atoms with Crippen molar-refractivity contribution < 1.29 is 9.59 Å². The van der Waals surface area contributed by atoms with E-state index in [1.165, 1.54) is 0 Å². The van der Waals surface area contributed by atoms with Crippen LogP contribution in [0.5, 0.6) is 0 Å². The quantitative estimate of drug-likeness (QED) is 0.553. The Morgan fingerprint density at radius 2 is 1.85 bits per heavy atom. The highest BCUT2D eigenvalue weighted by Gasteiger charge is 2.27. The number of aromatic nitrogens is 3. The van der Waals surface area contributed by atoms with Gasteiger partial charge in [0.15, 0.2) is 0 Å². The molecular formula is C26H28N6O2. The Morgan fingerprint density at radius 3 is 2.56 bits per heavy atom. The molecule has 2 saturated carbocycles. The van der Waals surface area contributed by atoms with Crippen LogP contribution < -0.4 is 10.6 Å². The van der Waals surface area contributed by atoms with Crippen LogP contribution in [-0.2, 0) is 4.79 Å². The molecule has 3 heterocycles. The van der Waals surface area contributed by atoms with Crippen molar-refractivity contribution in [3.05, 3.63) is 47.9 Å². The van der Waals surface area contributed by atoms with Crippen LogP contribution in [0.2, 0.25) is 0 Å². The molecule has 0 saturated heterocycles. The number of anilines is 1. The predicted octanol–water partition coefficient (Wildman–Crippen LogP) is 4.13. The zero-order valence-corrected chi connectivity index (χ0v) is 19.3. The number of carbonyl (C=O) groups excluding carboxylic acids is 2. The summed E-state index contributed by atoms with van der Waals surface area (Å²) in [6.07, 6.45) is 11.6. The minimum Gasteiger partial charge on any atom is -0.382 e. The van der Waals surface area contributed by atoms with Crippen LogP contribution in [0.1, 0.15) is 67.8 Å². The van der Waals surface area contributed by atoms with Crippen molar-refractivity contribution in [1.29, 1.82) is 5.26 Å². The lowest BCUT2D eigenvalue weighted by Crippen LogP contribution is -2.38. The number of nitriles is 1. The van der Waals surface area contributed by atoms with Gasteiger partial charge in [0.25, 0.3) is 5.91 Å². The summed E-state index contributed by atoms with van der Waals surface area (Å²) >= 11 is 0. The minimum absolute atomic E-state index is 0.119. The van der Waals surface area contributed by atoms with Gasteiger partial charge in [-0.25, -0.2) is 9.97 Å². The summed E-state index contributed by atoms with van der Waals surface area (Å²) in [4.78, 5) is 33.6. The van der Waals surface area contributed by atoms with Gasteiger partial charge in [-0.15, -0.1) is 0 Å². The third kappa shape index (κ3) is 4.79. The van der Waals surface area contributed by atoms with E-state index in [1.807, 2.05) is 22.9 Å². The Labute approximate surface area is 198 Å². The lowest BCUT2D eigenvalue weighted by molar-refractivity contribution is -0.118. The van der Waals surface area contributed by atoms with Crippen LogP contribution in [0.15, 0.2) is 36.8 Å². The molecule has 0 unspecified atom stereocenters. The molecule has 0 aromatic carbocycles. The van der Waals surface area contributed by atoms with Gasteiger partial charge < -0.3 is 15.4 Å². The van der Waals surface area contributed by atoms with Gasteiger partial charge in [-0.2, -0.15) is 5.26 Å². The summed E-state index contributed by atoms with van der Waals surface area (Å²) in [5, 5.41) is 16.7. The average Bonchev–Trinajstić information content (AvgIpc) is 3.55. The molecule has 174 valence electrons. The van der Waals surface area contributed by atoms with Crippen molar-refractivity contribution in [2.75, 3.05) is 5.32 Å². The summed E-state index contributed by atoms with van der Waals surface area (Å²) in [7, 11) is 0. The van der Waals surface area contributed by atoms with Crippen LogP contribution in [0.25, 0.3) is 16.9 Å². The van der Waals surface area contributed by atoms with E-state index in [2.05, 4.69) is 26.7 Å². The van der Waals surface area contributed by atoms with Gasteiger partial charge in [0, 0.05) is 48.5 Å². The van der Waals surface area contributed by atoms with E-state index >= 15 is 0 Å². The first-order valence-corrected chi connectivity index (χ1v) is 11.9. The maximum absolute atomic E-state index is 13.2. The first-order valence-electron chi connectivity index (χ1n) is 11.9. The summed E-state index contributed by atoms with van der Waals surface area (Å²) in [5.74, 6) is 1.22. The fourth-order valence-electron chi connectivity index (χ4n) is 4.77. The van der Waals surface area contributed by atoms with E-state index in [1.54, 1.807) is 25.4 Å². The molecule has 8 heteroatoms. The number of fused-ring (bicyclic) bond motifs is 1. The third-order valence-corrected chi connectivity index (χ3v) is 6.73. The van der Waals surface area contributed by atoms with Gasteiger partial charge in [0.2, 0.25) is 0 Å². The third-order valence-electron chi connectivity index (χ3n) is 6.73. The van der Waals surface area contributed by atoms with Crippen molar-refractivity contribution in [3.63, 3.8) is 0 Å². The van der Waals surface area contributed by atoms with Crippen LogP contribution in [0, 0.1) is 17.2 Å². The van der Waals surface area contributed by atoms with Crippen LogP contribution in [-0.4, -0.2) is 38.3 Å². The van der Waals surface area contributed by atoms with E-state index < -0.39 is 0 Å². The molecule has 3 aromatic heterocycles.